The van der Waals surface area contributed by atoms with Crippen LogP contribution in [0, 0.1) is 0 Å². The predicted octanol–water partition coefficient (Wildman–Crippen LogP) is 2.53. The molecule has 1 aromatic rings. The van der Waals surface area contributed by atoms with E-state index in [1.807, 2.05) is 37.3 Å². The Labute approximate surface area is 143 Å². The molecule has 24 heavy (non-hydrogen) atoms. The van der Waals surface area contributed by atoms with Crippen LogP contribution in [0.3, 0.4) is 0 Å². The number of ether oxygens (including phenoxy) is 1. The summed E-state index contributed by atoms with van der Waals surface area (Å²) in [6, 6.07) is 5.54. The minimum atomic E-state index is -0.594. The minimum absolute atomic E-state index is 0.0558. The highest BCUT2D eigenvalue weighted by Crippen LogP contribution is 2.34. The van der Waals surface area contributed by atoms with E-state index in [0.717, 1.165) is 30.9 Å². The number of fused-ring (bicyclic) bond motifs is 1. The lowest BCUT2D eigenvalue weighted by Gasteiger charge is -2.29. The number of carbonyl (C=O) groups excluding carboxylic acids is 1. The average molecular weight is 330 g/mol. The van der Waals surface area contributed by atoms with Gasteiger partial charge in [-0.3, -0.25) is 9.69 Å². The van der Waals surface area contributed by atoms with E-state index in [1.165, 1.54) is 0 Å². The van der Waals surface area contributed by atoms with Gasteiger partial charge in [-0.1, -0.05) is 18.2 Å². The van der Waals surface area contributed by atoms with Crippen LogP contribution < -0.4 is 9.64 Å². The maximum atomic E-state index is 11.9. The third-order valence-electron chi connectivity index (χ3n) is 4.12. The molecule has 1 aliphatic rings. The van der Waals surface area contributed by atoms with Crippen LogP contribution in [0.5, 0.6) is 5.75 Å². The topological polar surface area (TPSA) is 53.0 Å². The fraction of sp³-hybridized carbons (Fsp3) is 0.421. The summed E-state index contributed by atoms with van der Waals surface area (Å²) in [4.78, 5) is 15.8. The van der Waals surface area contributed by atoms with Crippen molar-refractivity contribution in [3.63, 3.8) is 0 Å². The molecule has 1 aromatic carbocycles. The number of amides is 1. The summed E-state index contributed by atoms with van der Waals surface area (Å²) in [6.07, 6.45) is 3.69. The molecule has 0 radical (unpaired) electrons. The van der Waals surface area contributed by atoms with E-state index in [-0.39, 0.29) is 12.5 Å². The van der Waals surface area contributed by atoms with Gasteiger partial charge in [-0.25, -0.2) is 0 Å². The van der Waals surface area contributed by atoms with Crippen molar-refractivity contribution in [1.29, 1.82) is 0 Å². The Morgan fingerprint density at radius 2 is 2.08 bits per heavy atom. The first-order valence-electron chi connectivity index (χ1n) is 8.30. The maximum Gasteiger partial charge on any atom is 0.265 e. The van der Waals surface area contributed by atoms with Gasteiger partial charge in [0.2, 0.25) is 0 Å². The van der Waals surface area contributed by atoms with Gasteiger partial charge in [-0.15, -0.1) is 13.2 Å². The summed E-state index contributed by atoms with van der Waals surface area (Å²) in [6.45, 7) is 12.3. The summed E-state index contributed by atoms with van der Waals surface area (Å²) < 4.78 is 5.46. The quantitative estimate of drug-likeness (QED) is 0.707. The summed E-state index contributed by atoms with van der Waals surface area (Å²) in [5, 5.41) is 10.5. The molecule has 0 aliphatic carbocycles. The van der Waals surface area contributed by atoms with Crippen LogP contribution in [-0.4, -0.2) is 48.7 Å². The molecule has 1 aliphatic heterocycles. The van der Waals surface area contributed by atoms with Gasteiger partial charge >= 0.3 is 0 Å². The molecule has 5 heteroatoms. The van der Waals surface area contributed by atoms with Crippen molar-refractivity contribution in [2.75, 3.05) is 37.7 Å². The van der Waals surface area contributed by atoms with Crippen LogP contribution >= 0.6 is 0 Å². The molecule has 1 unspecified atom stereocenters. The molecule has 130 valence electrons. The third-order valence-corrected chi connectivity index (χ3v) is 4.12. The first-order valence-corrected chi connectivity index (χ1v) is 8.30. The molecule has 0 aromatic heterocycles. The third kappa shape index (κ3) is 4.24. The lowest BCUT2D eigenvalue weighted by Crippen LogP contribution is -2.38. The van der Waals surface area contributed by atoms with E-state index >= 15 is 0 Å². The van der Waals surface area contributed by atoms with Crippen LogP contribution in [-0.2, 0) is 4.79 Å². The van der Waals surface area contributed by atoms with E-state index < -0.39 is 6.10 Å². The number of anilines is 1. The summed E-state index contributed by atoms with van der Waals surface area (Å²) in [7, 11) is 0. The lowest BCUT2D eigenvalue weighted by atomic mass is 10.0. The Bertz CT molecular complexity index is 590. The molecule has 0 bridgehead atoms. The largest absolute Gasteiger partial charge is 0.482 e. The fourth-order valence-corrected chi connectivity index (χ4v) is 2.87. The van der Waals surface area contributed by atoms with Gasteiger partial charge in [0.1, 0.15) is 5.75 Å². The Morgan fingerprint density at radius 3 is 2.71 bits per heavy atom. The van der Waals surface area contributed by atoms with Crippen molar-refractivity contribution < 1.29 is 14.6 Å². The normalized spacial score (nSPS) is 15.0. The van der Waals surface area contributed by atoms with Crippen LogP contribution in [0.15, 0.2) is 43.5 Å². The molecule has 1 amide bonds. The predicted molar refractivity (Wildman–Crippen MR) is 96.4 cm³/mol. The van der Waals surface area contributed by atoms with Crippen molar-refractivity contribution in [1.82, 2.24) is 4.90 Å². The molecule has 0 spiro atoms. The molecule has 0 fully saturated rings. The second kappa shape index (κ2) is 8.66. The molecule has 2 rings (SSSR count). The van der Waals surface area contributed by atoms with Gasteiger partial charge in [0.05, 0.1) is 11.8 Å². The second-order valence-corrected chi connectivity index (χ2v) is 5.80. The molecular weight excluding hydrogens is 304 g/mol. The van der Waals surface area contributed by atoms with Crippen molar-refractivity contribution in [3.8, 4) is 5.75 Å². The summed E-state index contributed by atoms with van der Waals surface area (Å²) in [5.41, 5.74) is 1.53. The van der Waals surface area contributed by atoms with Gasteiger partial charge in [0, 0.05) is 26.2 Å². The van der Waals surface area contributed by atoms with Gasteiger partial charge in [-0.05, 0) is 31.0 Å². The van der Waals surface area contributed by atoms with Crippen LogP contribution in [0.4, 0.5) is 5.69 Å². The number of likely N-dealkylation sites (N-methyl/N-ethyl adjacent to an activating group) is 1. The minimum Gasteiger partial charge on any atom is -0.482 e. The highest BCUT2D eigenvalue weighted by Gasteiger charge is 2.25. The van der Waals surface area contributed by atoms with E-state index in [4.69, 9.17) is 4.74 Å². The smallest absolute Gasteiger partial charge is 0.265 e. The molecular formula is C19H26N2O3. The van der Waals surface area contributed by atoms with E-state index in [0.29, 0.717) is 18.7 Å². The number of rotatable bonds is 9. The van der Waals surface area contributed by atoms with Gasteiger partial charge in [0.25, 0.3) is 5.91 Å². The molecule has 1 heterocycles. The van der Waals surface area contributed by atoms with Gasteiger partial charge in [-0.2, -0.15) is 0 Å². The first-order chi connectivity index (χ1) is 11.6. The number of hydrogen-bond donors (Lipinski definition) is 1. The van der Waals surface area contributed by atoms with Crippen LogP contribution in [0.25, 0.3) is 0 Å². The summed E-state index contributed by atoms with van der Waals surface area (Å²) in [5.74, 6) is 0.632. The summed E-state index contributed by atoms with van der Waals surface area (Å²) >= 11 is 0. The zero-order valence-corrected chi connectivity index (χ0v) is 14.3. The standard InChI is InChI=1S/C19H26N2O3/c1-4-10-20(11-5-2)12-9-17(22)15-7-8-18-16(13-15)21(6-3)19(23)14-24-18/h4-5,7-8,13,17,22H,1-2,6,9-12,14H2,3H3. The second-order valence-electron chi connectivity index (χ2n) is 5.80. The van der Waals surface area contributed by atoms with E-state index in [2.05, 4.69) is 18.1 Å². The van der Waals surface area contributed by atoms with Crippen LogP contribution in [0.2, 0.25) is 0 Å². The van der Waals surface area contributed by atoms with Crippen LogP contribution in [0.1, 0.15) is 25.0 Å². The molecule has 0 saturated heterocycles. The number of nitrogens with zero attached hydrogens (tertiary/aromatic N) is 2. The van der Waals surface area contributed by atoms with Gasteiger partial charge < -0.3 is 14.7 Å². The Hall–Kier alpha value is -2.11. The first kappa shape index (κ1) is 18.2. The molecule has 1 atom stereocenters. The monoisotopic (exact) mass is 330 g/mol. The highest BCUT2D eigenvalue weighted by molar-refractivity contribution is 5.97. The van der Waals surface area contributed by atoms with E-state index in [1.54, 1.807) is 4.90 Å². The number of hydrogen-bond acceptors (Lipinski definition) is 4. The average Bonchev–Trinajstić information content (AvgIpc) is 2.59. The number of benzene rings is 1. The zero-order valence-electron chi connectivity index (χ0n) is 14.3. The maximum absolute atomic E-state index is 11.9. The van der Waals surface area contributed by atoms with Crippen molar-refractivity contribution in [2.45, 2.75) is 19.4 Å². The van der Waals surface area contributed by atoms with Gasteiger partial charge in [0.15, 0.2) is 6.61 Å². The highest BCUT2D eigenvalue weighted by atomic mass is 16.5. The Morgan fingerprint density at radius 1 is 1.38 bits per heavy atom. The number of aliphatic hydroxyl groups is 1. The number of aliphatic hydroxyl groups excluding tert-OH is 1. The lowest BCUT2D eigenvalue weighted by molar-refractivity contribution is -0.121. The fourth-order valence-electron chi connectivity index (χ4n) is 2.87. The van der Waals surface area contributed by atoms with Crippen molar-refractivity contribution >= 4 is 11.6 Å². The molecule has 5 nitrogen and oxygen atoms in total. The molecule has 1 N–H and O–H groups in total. The number of carbonyl (C=O) groups is 1. The SMILES string of the molecule is C=CCN(CC=C)CCC(O)c1ccc2c(c1)N(CC)C(=O)CO2. The molecule has 0 saturated carbocycles. The van der Waals surface area contributed by atoms with Crippen molar-refractivity contribution in [3.05, 3.63) is 49.1 Å². The zero-order chi connectivity index (χ0) is 17.5. The Balaban J connectivity index is 2.08. The van der Waals surface area contributed by atoms with Crippen molar-refractivity contribution in [2.24, 2.45) is 0 Å². The van der Waals surface area contributed by atoms with E-state index in [9.17, 15) is 9.90 Å². The Kier molecular flexibility index (Phi) is 6.58.